The maximum atomic E-state index is 12.4. The van der Waals surface area contributed by atoms with Gasteiger partial charge in [0.05, 0.1) is 10.2 Å². The first kappa shape index (κ1) is 13.1. The molecule has 0 spiro atoms. The van der Waals surface area contributed by atoms with Crippen LogP contribution in [0.5, 0.6) is 0 Å². The van der Waals surface area contributed by atoms with E-state index < -0.39 is 12.0 Å². The number of hydrogen-bond donors (Lipinski definition) is 2. The van der Waals surface area contributed by atoms with Crippen LogP contribution in [0.25, 0.3) is 10.2 Å². The van der Waals surface area contributed by atoms with E-state index in [2.05, 4.69) is 4.98 Å². The van der Waals surface area contributed by atoms with Gasteiger partial charge >= 0.3 is 5.97 Å². The molecule has 0 radical (unpaired) electrons. The second-order valence-electron chi connectivity index (χ2n) is 4.97. The Morgan fingerprint density at radius 3 is 2.95 bits per heavy atom. The lowest BCUT2D eigenvalue weighted by molar-refractivity contribution is -0.144. The van der Waals surface area contributed by atoms with E-state index in [-0.39, 0.29) is 12.5 Å². The second kappa shape index (κ2) is 4.92. The number of fused-ring (bicyclic) bond motifs is 1. The van der Waals surface area contributed by atoms with Crippen LogP contribution in [0.3, 0.4) is 0 Å². The Labute approximate surface area is 119 Å². The predicted molar refractivity (Wildman–Crippen MR) is 76.1 cm³/mol. The van der Waals surface area contributed by atoms with E-state index in [4.69, 9.17) is 0 Å². The first-order valence-corrected chi connectivity index (χ1v) is 7.23. The minimum Gasteiger partial charge on any atom is -0.480 e. The molecule has 7 heteroatoms. The lowest BCUT2D eigenvalue weighted by atomic mass is 10.1. The van der Waals surface area contributed by atoms with Crippen molar-refractivity contribution in [1.82, 2.24) is 14.8 Å². The molecule has 1 atom stereocenters. The molecule has 0 aliphatic carbocycles. The zero-order valence-corrected chi connectivity index (χ0v) is 11.8. The Balaban J connectivity index is 1.80. The van der Waals surface area contributed by atoms with Crippen LogP contribution < -0.4 is 0 Å². The van der Waals surface area contributed by atoms with E-state index in [1.807, 2.05) is 17.5 Å². The summed E-state index contributed by atoms with van der Waals surface area (Å²) in [4.78, 5) is 30.1. The molecular weight excluding hydrogens is 278 g/mol. The summed E-state index contributed by atoms with van der Waals surface area (Å²) in [5, 5.41) is 11.1. The van der Waals surface area contributed by atoms with Crippen LogP contribution in [0.1, 0.15) is 10.5 Å². The van der Waals surface area contributed by atoms with Gasteiger partial charge in [-0.3, -0.25) is 14.5 Å². The molecular formula is C13H15N3O3S. The zero-order valence-electron chi connectivity index (χ0n) is 11.0. The topological polar surface area (TPSA) is 76.6 Å². The molecule has 1 aliphatic rings. The number of rotatable bonds is 2. The number of carboxylic acids is 1. The first-order chi connectivity index (χ1) is 9.56. The molecule has 0 bridgehead atoms. The summed E-state index contributed by atoms with van der Waals surface area (Å²) in [5.41, 5.74) is 1.47. The molecule has 3 rings (SSSR count). The Hall–Kier alpha value is -1.86. The van der Waals surface area contributed by atoms with Gasteiger partial charge in [-0.2, -0.15) is 0 Å². The molecule has 0 saturated carbocycles. The molecule has 1 aliphatic heterocycles. The normalized spacial score (nSPS) is 20.4. The van der Waals surface area contributed by atoms with Gasteiger partial charge in [0.25, 0.3) is 5.91 Å². The summed E-state index contributed by atoms with van der Waals surface area (Å²) in [6.07, 6.45) is 0. The quantitative estimate of drug-likeness (QED) is 0.868. The van der Waals surface area contributed by atoms with Gasteiger partial charge in [0.15, 0.2) is 0 Å². The number of nitrogens with one attached hydrogen (secondary N) is 1. The molecule has 106 valence electrons. The third-order valence-corrected chi connectivity index (χ3v) is 4.55. The summed E-state index contributed by atoms with van der Waals surface area (Å²) in [7, 11) is 1.77. The standard InChI is InChI=1S/C13H15N3O3S/c1-15-3-4-16(7-10(15)13(18)19)12(17)9-6-11-8(14-9)2-5-20-11/h2,5-6,10,14H,3-4,7H2,1H3,(H,18,19). The summed E-state index contributed by atoms with van der Waals surface area (Å²) in [5.74, 6) is -1.02. The Morgan fingerprint density at radius 2 is 2.25 bits per heavy atom. The van der Waals surface area contributed by atoms with E-state index >= 15 is 0 Å². The molecule has 1 saturated heterocycles. The van der Waals surface area contributed by atoms with Crippen LogP contribution in [0.15, 0.2) is 17.5 Å². The number of carboxylic acid groups (broad SMARTS) is 1. The highest BCUT2D eigenvalue weighted by molar-refractivity contribution is 7.17. The van der Waals surface area contributed by atoms with Crippen molar-refractivity contribution < 1.29 is 14.7 Å². The summed E-state index contributed by atoms with van der Waals surface area (Å²) >= 11 is 1.57. The van der Waals surface area contributed by atoms with E-state index in [0.717, 1.165) is 10.2 Å². The average molecular weight is 293 g/mol. The molecule has 3 heterocycles. The number of aliphatic carboxylic acids is 1. The molecule has 2 N–H and O–H groups in total. The molecule has 20 heavy (non-hydrogen) atoms. The zero-order chi connectivity index (χ0) is 14.3. The van der Waals surface area contributed by atoms with Gasteiger partial charge in [0, 0.05) is 19.6 Å². The fourth-order valence-electron chi connectivity index (χ4n) is 2.46. The Bertz CT molecular complexity index is 634. The SMILES string of the molecule is CN1CCN(C(=O)c2cc3sccc3[nH]2)CC1C(=O)O. The summed E-state index contributed by atoms with van der Waals surface area (Å²) in [6, 6.07) is 3.13. The Morgan fingerprint density at radius 1 is 1.45 bits per heavy atom. The lowest BCUT2D eigenvalue weighted by Gasteiger charge is -2.36. The fourth-order valence-corrected chi connectivity index (χ4v) is 3.24. The number of aromatic nitrogens is 1. The third kappa shape index (κ3) is 2.19. The van der Waals surface area contributed by atoms with Crippen LogP contribution in [0.4, 0.5) is 0 Å². The number of piperazine rings is 1. The third-order valence-electron chi connectivity index (χ3n) is 3.69. The maximum Gasteiger partial charge on any atom is 0.322 e. The smallest absolute Gasteiger partial charge is 0.322 e. The van der Waals surface area contributed by atoms with Gasteiger partial charge < -0.3 is 15.0 Å². The number of amides is 1. The van der Waals surface area contributed by atoms with Crippen LogP contribution in [-0.4, -0.2) is 64.5 Å². The maximum absolute atomic E-state index is 12.4. The van der Waals surface area contributed by atoms with Crippen molar-refractivity contribution in [2.24, 2.45) is 0 Å². The number of aromatic amines is 1. The largest absolute Gasteiger partial charge is 0.480 e. The van der Waals surface area contributed by atoms with Gasteiger partial charge in [-0.05, 0) is 24.6 Å². The van der Waals surface area contributed by atoms with Gasteiger partial charge in [-0.25, -0.2) is 0 Å². The van der Waals surface area contributed by atoms with Crippen LogP contribution in [0, 0.1) is 0 Å². The number of thiophene rings is 1. The second-order valence-corrected chi connectivity index (χ2v) is 5.92. The highest BCUT2D eigenvalue weighted by atomic mass is 32.1. The number of carbonyl (C=O) groups excluding carboxylic acids is 1. The minimum absolute atomic E-state index is 0.132. The van der Waals surface area contributed by atoms with Crippen LogP contribution in [0.2, 0.25) is 0 Å². The average Bonchev–Trinajstić information content (AvgIpc) is 2.98. The molecule has 2 aromatic rings. The summed E-state index contributed by atoms with van der Waals surface area (Å²) in [6.45, 7) is 1.33. The predicted octanol–water partition coefficient (Wildman–Crippen LogP) is 1.07. The van der Waals surface area contributed by atoms with Crippen LogP contribution >= 0.6 is 11.3 Å². The fraction of sp³-hybridized carbons (Fsp3) is 0.385. The van der Waals surface area contributed by atoms with Gasteiger partial charge in [-0.1, -0.05) is 0 Å². The van der Waals surface area contributed by atoms with Crippen molar-refractivity contribution in [3.8, 4) is 0 Å². The van der Waals surface area contributed by atoms with Gasteiger partial charge in [-0.15, -0.1) is 11.3 Å². The van der Waals surface area contributed by atoms with E-state index in [1.54, 1.807) is 28.2 Å². The van der Waals surface area contributed by atoms with E-state index in [9.17, 15) is 14.7 Å². The Kier molecular flexibility index (Phi) is 3.23. The molecule has 2 aromatic heterocycles. The molecule has 1 amide bonds. The van der Waals surface area contributed by atoms with Crippen molar-refractivity contribution in [2.75, 3.05) is 26.7 Å². The van der Waals surface area contributed by atoms with Crippen molar-refractivity contribution in [2.45, 2.75) is 6.04 Å². The van der Waals surface area contributed by atoms with Crippen molar-refractivity contribution in [3.05, 3.63) is 23.2 Å². The van der Waals surface area contributed by atoms with Gasteiger partial charge in [0.2, 0.25) is 0 Å². The number of likely N-dealkylation sites (N-methyl/N-ethyl adjacent to an activating group) is 1. The number of carbonyl (C=O) groups is 2. The number of H-pyrrole nitrogens is 1. The van der Waals surface area contributed by atoms with E-state index in [1.165, 1.54) is 0 Å². The summed E-state index contributed by atoms with van der Waals surface area (Å²) < 4.78 is 1.04. The van der Waals surface area contributed by atoms with Gasteiger partial charge in [0.1, 0.15) is 11.7 Å². The van der Waals surface area contributed by atoms with Crippen LogP contribution in [-0.2, 0) is 4.79 Å². The number of hydrogen-bond acceptors (Lipinski definition) is 4. The highest BCUT2D eigenvalue weighted by Gasteiger charge is 2.32. The van der Waals surface area contributed by atoms with Crippen molar-refractivity contribution in [3.63, 3.8) is 0 Å². The van der Waals surface area contributed by atoms with Crippen molar-refractivity contribution >= 4 is 33.4 Å². The lowest BCUT2D eigenvalue weighted by Crippen LogP contribution is -2.56. The minimum atomic E-state index is -0.891. The number of nitrogens with zero attached hydrogens (tertiary/aromatic N) is 2. The monoisotopic (exact) mass is 293 g/mol. The molecule has 1 fully saturated rings. The first-order valence-electron chi connectivity index (χ1n) is 6.35. The van der Waals surface area contributed by atoms with Crippen molar-refractivity contribution in [1.29, 1.82) is 0 Å². The molecule has 1 unspecified atom stereocenters. The molecule has 6 nitrogen and oxygen atoms in total. The van der Waals surface area contributed by atoms with E-state index in [0.29, 0.717) is 18.8 Å². The highest BCUT2D eigenvalue weighted by Crippen LogP contribution is 2.22. The molecule has 0 aromatic carbocycles.